The van der Waals surface area contributed by atoms with E-state index in [0.29, 0.717) is 18.4 Å². The molecule has 2 aliphatic rings. The molecule has 0 radical (unpaired) electrons. The zero-order chi connectivity index (χ0) is 14.0. The van der Waals surface area contributed by atoms with Crippen molar-refractivity contribution in [1.29, 1.82) is 0 Å². The molecule has 4 nitrogen and oxygen atoms in total. The normalized spacial score (nSPS) is 25.6. The van der Waals surface area contributed by atoms with E-state index in [1.54, 1.807) is 0 Å². The molecule has 0 spiro atoms. The van der Waals surface area contributed by atoms with Crippen molar-refractivity contribution >= 4 is 10.0 Å². The van der Waals surface area contributed by atoms with Crippen LogP contribution in [0.3, 0.4) is 0 Å². The Bertz CT molecular complexity index is 540. The van der Waals surface area contributed by atoms with E-state index < -0.39 is 10.0 Å². The van der Waals surface area contributed by atoms with E-state index in [1.807, 2.05) is 18.2 Å². The van der Waals surface area contributed by atoms with Crippen LogP contribution in [0.25, 0.3) is 0 Å². The minimum atomic E-state index is -3.13. The molecule has 2 saturated carbocycles. The summed E-state index contributed by atoms with van der Waals surface area (Å²) in [6.45, 7) is 0.804. The average Bonchev–Trinajstić information content (AvgIpc) is 3.31. The topological polar surface area (TPSA) is 58.2 Å². The van der Waals surface area contributed by atoms with Crippen LogP contribution in [0, 0.1) is 0 Å². The zero-order valence-electron chi connectivity index (χ0n) is 11.6. The summed E-state index contributed by atoms with van der Waals surface area (Å²) < 4.78 is 26.8. The van der Waals surface area contributed by atoms with Crippen LogP contribution in [-0.2, 0) is 10.0 Å². The maximum Gasteiger partial charge on any atom is 0.211 e. The van der Waals surface area contributed by atoms with Crippen LogP contribution in [0.15, 0.2) is 30.3 Å². The van der Waals surface area contributed by atoms with Crippen LogP contribution in [-0.4, -0.2) is 32.8 Å². The predicted molar refractivity (Wildman–Crippen MR) is 80.2 cm³/mol. The molecule has 0 amide bonds. The predicted octanol–water partition coefficient (Wildman–Crippen LogP) is 1.60. The molecule has 2 unspecified atom stereocenters. The first-order valence-electron chi connectivity index (χ1n) is 7.42. The SMILES string of the molecule is O=S(=O)(CCCNC1CC1)NC1CC1c1ccccc1. The molecule has 20 heavy (non-hydrogen) atoms. The lowest BCUT2D eigenvalue weighted by Crippen LogP contribution is -2.31. The second kappa shape index (κ2) is 5.84. The van der Waals surface area contributed by atoms with E-state index in [4.69, 9.17) is 0 Å². The Balaban J connectivity index is 1.41. The molecule has 0 saturated heterocycles. The molecule has 1 aromatic carbocycles. The fraction of sp³-hybridized carbons (Fsp3) is 0.600. The summed E-state index contributed by atoms with van der Waals surface area (Å²) in [5, 5.41) is 3.34. The van der Waals surface area contributed by atoms with E-state index in [-0.39, 0.29) is 11.8 Å². The Labute approximate surface area is 121 Å². The highest BCUT2D eigenvalue weighted by Crippen LogP contribution is 2.40. The van der Waals surface area contributed by atoms with Crippen molar-refractivity contribution in [1.82, 2.24) is 10.0 Å². The fourth-order valence-corrected chi connectivity index (χ4v) is 3.90. The number of hydrogen-bond donors (Lipinski definition) is 2. The van der Waals surface area contributed by atoms with Crippen LogP contribution in [0.5, 0.6) is 0 Å². The molecule has 3 rings (SSSR count). The van der Waals surface area contributed by atoms with Crippen molar-refractivity contribution in [3.63, 3.8) is 0 Å². The second-order valence-electron chi connectivity index (χ2n) is 5.88. The number of benzene rings is 1. The number of sulfonamides is 1. The lowest BCUT2D eigenvalue weighted by Gasteiger charge is -2.07. The summed E-state index contributed by atoms with van der Waals surface area (Å²) in [7, 11) is -3.13. The second-order valence-corrected chi connectivity index (χ2v) is 7.75. The molecule has 2 aliphatic carbocycles. The van der Waals surface area contributed by atoms with Crippen LogP contribution in [0.2, 0.25) is 0 Å². The van der Waals surface area contributed by atoms with Crippen molar-refractivity contribution in [2.45, 2.75) is 43.7 Å². The van der Waals surface area contributed by atoms with Crippen LogP contribution >= 0.6 is 0 Å². The van der Waals surface area contributed by atoms with Crippen LogP contribution in [0.4, 0.5) is 0 Å². The van der Waals surface area contributed by atoms with Gasteiger partial charge in [0.25, 0.3) is 0 Å². The van der Waals surface area contributed by atoms with Crippen LogP contribution in [0.1, 0.15) is 37.2 Å². The van der Waals surface area contributed by atoms with Crippen molar-refractivity contribution in [3.8, 4) is 0 Å². The third kappa shape index (κ3) is 4.04. The van der Waals surface area contributed by atoms with Gasteiger partial charge >= 0.3 is 0 Å². The third-order valence-corrected chi connectivity index (χ3v) is 5.44. The molecule has 5 heteroatoms. The Kier molecular flexibility index (Phi) is 4.10. The molecule has 0 heterocycles. The third-order valence-electron chi connectivity index (χ3n) is 3.95. The number of nitrogens with one attached hydrogen (secondary N) is 2. The summed E-state index contributed by atoms with van der Waals surface area (Å²) in [5.74, 6) is 0.584. The zero-order valence-corrected chi connectivity index (χ0v) is 12.4. The molecule has 2 N–H and O–H groups in total. The lowest BCUT2D eigenvalue weighted by molar-refractivity contribution is 0.573. The van der Waals surface area contributed by atoms with E-state index in [2.05, 4.69) is 22.2 Å². The first-order chi connectivity index (χ1) is 9.64. The first kappa shape index (κ1) is 14.0. The highest BCUT2D eigenvalue weighted by molar-refractivity contribution is 7.89. The standard InChI is InChI=1S/C15H22N2O2S/c18-20(19,10-4-9-16-13-7-8-13)17-15-11-14(15)12-5-2-1-3-6-12/h1-3,5-6,13-17H,4,7-11H2. The Morgan fingerprint density at radius 1 is 1.15 bits per heavy atom. The minimum Gasteiger partial charge on any atom is -0.314 e. The van der Waals surface area contributed by atoms with E-state index >= 15 is 0 Å². The molecule has 1 aromatic rings. The molecule has 0 aromatic heterocycles. The maximum absolute atomic E-state index is 12.0. The molecule has 0 bridgehead atoms. The fourth-order valence-electron chi connectivity index (χ4n) is 2.54. The summed E-state index contributed by atoms with van der Waals surface area (Å²) in [6.07, 6.45) is 4.09. The summed E-state index contributed by atoms with van der Waals surface area (Å²) in [5.41, 5.74) is 1.23. The van der Waals surface area contributed by atoms with E-state index in [1.165, 1.54) is 18.4 Å². The van der Waals surface area contributed by atoms with Gasteiger partial charge in [0.15, 0.2) is 0 Å². The largest absolute Gasteiger partial charge is 0.314 e. The molecule has 2 atom stereocenters. The van der Waals surface area contributed by atoms with Gasteiger partial charge in [-0.25, -0.2) is 13.1 Å². The van der Waals surface area contributed by atoms with Gasteiger partial charge in [-0.1, -0.05) is 30.3 Å². The molecular formula is C15H22N2O2S. The molecule has 110 valence electrons. The summed E-state index contributed by atoms with van der Waals surface area (Å²) >= 11 is 0. The molecule has 2 fully saturated rings. The van der Waals surface area contributed by atoms with Crippen molar-refractivity contribution < 1.29 is 8.42 Å². The molecular weight excluding hydrogens is 272 g/mol. The number of hydrogen-bond acceptors (Lipinski definition) is 3. The Morgan fingerprint density at radius 2 is 1.90 bits per heavy atom. The van der Waals surface area contributed by atoms with E-state index in [9.17, 15) is 8.42 Å². The molecule has 0 aliphatic heterocycles. The van der Waals surface area contributed by atoms with Gasteiger partial charge in [-0.15, -0.1) is 0 Å². The van der Waals surface area contributed by atoms with Crippen LogP contribution < -0.4 is 10.0 Å². The van der Waals surface area contributed by atoms with Gasteiger partial charge in [-0.2, -0.15) is 0 Å². The lowest BCUT2D eigenvalue weighted by atomic mass is 10.1. The smallest absolute Gasteiger partial charge is 0.211 e. The van der Waals surface area contributed by atoms with Gasteiger partial charge in [0.1, 0.15) is 0 Å². The van der Waals surface area contributed by atoms with Crippen molar-refractivity contribution in [3.05, 3.63) is 35.9 Å². The van der Waals surface area contributed by atoms with Gasteiger partial charge in [0, 0.05) is 18.0 Å². The van der Waals surface area contributed by atoms with E-state index in [0.717, 1.165) is 13.0 Å². The highest BCUT2D eigenvalue weighted by Gasteiger charge is 2.40. The van der Waals surface area contributed by atoms with Gasteiger partial charge in [0.2, 0.25) is 10.0 Å². The van der Waals surface area contributed by atoms with Gasteiger partial charge in [-0.3, -0.25) is 0 Å². The van der Waals surface area contributed by atoms with Crippen molar-refractivity contribution in [2.24, 2.45) is 0 Å². The minimum absolute atomic E-state index is 0.0961. The quantitative estimate of drug-likeness (QED) is 0.716. The van der Waals surface area contributed by atoms with Gasteiger partial charge in [-0.05, 0) is 37.8 Å². The van der Waals surface area contributed by atoms with Gasteiger partial charge in [0.05, 0.1) is 5.75 Å². The Morgan fingerprint density at radius 3 is 2.60 bits per heavy atom. The first-order valence-corrected chi connectivity index (χ1v) is 9.07. The number of rotatable bonds is 8. The summed E-state index contributed by atoms with van der Waals surface area (Å²) in [6, 6.07) is 10.9. The van der Waals surface area contributed by atoms with Gasteiger partial charge < -0.3 is 5.32 Å². The average molecular weight is 294 g/mol. The van der Waals surface area contributed by atoms with Crippen molar-refractivity contribution in [2.75, 3.05) is 12.3 Å². The highest BCUT2D eigenvalue weighted by atomic mass is 32.2. The Hall–Kier alpha value is -0.910. The monoisotopic (exact) mass is 294 g/mol. The maximum atomic E-state index is 12.0. The summed E-state index contributed by atoms with van der Waals surface area (Å²) in [4.78, 5) is 0.